The highest BCUT2D eigenvalue weighted by molar-refractivity contribution is 6.02. The quantitative estimate of drug-likeness (QED) is 0.232. The SMILES string of the molecule is CC(=O)OCC(=O)[C@@]1(O[N+](=O)[O-])[C@@H](C)C[C@H]2[C@@H]3C=C(OC(C)=O)C4=CC(=O)C=C[C@]4(C)[C@@]3(F)[C@@H](O[N+](=O)[O-])C[C@@]21C. The van der Waals surface area contributed by atoms with Crippen molar-refractivity contribution in [3.8, 4) is 0 Å². The van der Waals surface area contributed by atoms with Crippen LogP contribution in [0.5, 0.6) is 0 Å². The van der Waals surface area contributed by atoms with Gasteiger partial charge in [-0.05, 0) is 49.8 Å². The maximum absolute atomic E-state index is 18.0. The van der Waals surface area contributed by atoms with Crippen LogP contribution in [0.2, 0.25) is 0 Å². The number of Topliss-reactive ketones (excluding diaryl/α,β-unsaturated/α-hetero) is 1. The molecule has 0 saturated heterocycles. The molecule has 0 bridgehead atoms. The van der Waals surface area contributed by atoms with Crippen molar-refractivity contribution in [2.45, 2.75) is 64.8 Å². The lowest BCUT2D eigenvalue weighted by Gasteiger charge is -2.61. The molecule has 0 unspecified atom stereocenters. The number of nitrogens with zero attached hydrogens (tertiary/aromatic N) is 2. The first-order valence-corrected chi connectivity index (χ1v) is 12.8. The van der Waals surface area contributed by atoms with Gasteiger partial charge in [-0.3, -0.25) is 24.0 Å². The standard InChI is InChI=1S/C26H29FN2O12/c1-13-8-17-18-10-20(39-15(3)31)19-9-16(32)6-7-23(19,4)25(18,27)22(40-28(34)35)11-24(17,5)26(13,41-29(36)37)21(33)12-38-14(2)30/h6-7,9-10,13,17-18,22H,8,11-12H2,1-5H3/t13-,17-,18-,22-,23-,24-,25-,26-/m0/s1. The monoisotopic (exact) mass is 580 g/mol. The molecule has 0 aliphatic heterocycles. The third-order valence-corrected chi connectivity index (χ3v) is 9.29. The van der Waals surface area contributed by atoms with Crippen LogP contribution >= 0.6 is 0 Å². The Bertz CT molecular complexity index is 1340. The topological polar surface area (TPSA) is 191 Å². The number of ether oxygens (including phenoxy) is 2. The maximum Gasteiger partial charge on any atom is 0.308 e. The summed E-state index contributed by atoms with van der Waals surface area (Å²) in [7, 11) is 0. The predicted molar refractivity (Wildman–Crippen MR) is 132 cm³/mol. The number of carbonyl (C=O) groups is 4. The summed E-state index contributed by atoms with van der Waals surface area (Å²) in [5, 5.41) is 21.1. The lowest BCUT2D eigenvalue weighted by atomic mass is 9.46. The highest BCUT2D eigenvalue weighted by atomic mass is 19.1. The van der Waals surface area contributed by atoms with E-state index < -0.39 is 92.7 Å². The van der Waals surface area contributed by atoms with Crippen molar-refractivity contribution in [3.63, 3.8) is 0 Å². The van der Waals surface area contributed by atoms with E-state index in [4.69, 9.17) is 19.1 Å². The first-order valence-electron chi connectivity index (χ1n) is 12.8. The molecule has 14 nitrogen and oxygen atoms in total. The van der Waals surface area contributed by atoms with Crippen LogP contribution in [0.25, 0.3) is 0 Å². The number of carbonyl (C=O) groups excluding carboxylic acids is 4. The summed E-state index contributed by atoms with van der Waals surface area (Å²) in [5.41, 5.74) is -8.51. The Labute approximate surface area is 232 Å². The number of esters is 2. The first kappa shape index (κ1) is 29.8. The smallest absolute Gasteiger partial charge is 0.308 e. The molecule has 15 heteroatoms. The van der Waals surface area contributed by atoms with Crippen molar-refractivity contribution < 1.29 is 52.9 Å². The summed E-state index contributed by atoms with van der Waals surface area (Å²) < 4.78 is 28.2. The number of alkyl halides is 1. The summed E-state index contributed by atoms with van der Waals surface area (Å²) >= 11 is 0. The van der Waals surface area contributed by atoms with Crippen LogP contribution in [-0.2, 0) is 38.3 Å². The Morgan fingerprint density at radius 1 is 1.12 bits per heavy atom. The molecular formula is C26H29FN2O12. The largest absolute Gasteiger partial charge is 0.458 e. The van der Waals surface area contributed by atoms with Crippen molar-refractivity contribution in [2.24, 2.45) is 28.6 Å². The molecule has 0 aromatic heterocycles. The van der Waals surface area contributed by atoms with Gasteiger partial charge in [0.05, 0.1) is 5.41 Å². The van der Waals surface area contributed by atoms with Crippen LogP contribution < -0.4 is 0 Å². The molecule has 8 atom stereocenters. The van der Waals surface area contributed by atoms with Crippen LogP contribution in [0.15, 0.2) is 35.6 Å². The molecule has 2 saturated carbocycles. The van der Waals surface area contributed by atoms with Crippen molar-refractivity contribution in [1.29, 1.82) is 0 Å². The zero-order valence-electron chi connectivity index (χ0n) is 22.9. The van der Waals surface area contributed by atoms with E-state index in [1.54, 1.807) is 0 Å². The third-order valence-electron chi connectivity index (χ3n) is 9.29. The summed E-state index contributed by atoms with van der Waals surface area (Å²) in [6.07, 6.45) is 2.05. The summed E-state index contributed by atoms with van der Waals surface area (Å²) in [6.45, 7) is 5.52. The number of rotatable bonds is 8. The Hall–Kier alpha value is -4.17. The molecule has 0 heterocycles. The molecule has 222 valence electrons. The molecule has 0 aromatic carbocycles. The molecule has 4 rings (SSSR count). The van der Waals surface area contributed by atoms with E-state index in [1.807, 2.05) is 0 Å². The maximum atomic E-state index is 18.0. The van der Waals surface area contributed by atoms with Gasteiger partial charge in [-0.1, -0.05) is 19.9 Å². The summed E-state index contributed by atoms with van der Waals surface area (Å²) in [5.74, 6) is -6.62. The second-order valence-electron chi connectivity index (χ2n) is 11.4. The Morgan fingerprint density at radius 2 is 1.78 bits per heavy atom. The van der Waals surface area contributed by atoms with Crippen molar-refractivity contribution in [2.75, 3.05) is 6.61 Å². The first-order chi connectivity index (χ1) is 18.9. The van der Waals surface area contributed by atoms with Gasteiger partial charge in [-0.15, -0.1) is 20.2 Å². The normalized spacial score (nSPS) is 38.7. The van der Waals surface area contributed by atoms with Gasteiger partial charge in [0.1, 0.15) is 11.9 Å². The Kier molecular flexibility index (Phi) is 7.07. The average Bonchev–Trinajstić information content (AvgIpc) is 3.06. The number of allylic oxidation sites excluding steroid dienone is 5. The lowest BCUT2D eigenvalue weighted by molar-refractivity contribution is -0.785. The van der Waals surface area contributed by atoms with Crippen molar-refractivity contribution in [3.05, 3.63) is 55.9 Å². The van der Waals surface area contributed by atoms with Gasteiger partial charge in [-0.25, -0.2) is 4.39 Å². The van der Waals surface area contributed by atoms with Crippen LogP contribution in [0.1, 0.15) is 47.5 Å². The van der Waals surface area contributed by atoms with Gasteiger partial charge >= 0.3 is 11.9 Å². The molecule has 4 aliphatic carbocycles. The molecule has 0 amide bonds. The molecule has 41 heavy (non-hydrogen) atoms. The van der Waals surface area contributed by atoms with E-state index in [2.05, 4.69) is 0 Å². The number of fused-ring (bicyclic) bond motifs is 5. The number of hydrogen-bond donors (Lipinski definition) is 0. The molecule has 0 N–H and O–H groups in total. The summed E-state index contributed by atoms with van der Waals surface area (Å²) in [6, 6.07) is 0. The van der Waals surface area contributed by atoms with Crippen LogP contribution in [0.3, 0.4) is 0 Å². The minimum atomic E-state index is -2.67. The van der Waals surface area contributed by atoms with Gasteiger partial charge in [0, 0.05) is 30.8 Å². The molecule has 2 fully saturated rings. The lowest BCUT2D eigenvalue weighted by Crippen LogP contribution is -2.70. The second-order valence-corrected chi connectivity index (χ2v) is 11.4. The van der Waals surface area contributed by atoms with Gasteiger partial charge < -0.3 is 14.3 Å². The van der Waals surface area contributed by atoms with Crippen LogP contribution in [-0.4, -0.2) is 57.7 Å². The molecule has 0 radical (unpaired) electrons. The minimum Gasteiger partial charge on any atom is -0.458 e. The van der Waals surface area contributed by atoms with E-state index >= 15 is 4.39 Å². The fourth-order valence-corrected chi connectivity index (χ4v) is 7.74. The second kappa shape index (κ2) is 9.73. The molecular weight excluding hydrogens is 551 g/mol. The van der Waals surface area contributed by atoms with Crippen LogP contribution in [0.4, 0.5) is 4.39 Å². The molecule has 0 spiro atoms. The third kappa shape index (κ3) is 4.20. The fourth-order valence-electron chi connectivity index (χ4n) is 7.74. The average molecular weight is 581 g/mol. The zero-order chi connectivity index (χ0) is 30.7. The van der Waals surface area contributed by atoms with Gasteiger partial charge in [0.2, 0.25) is 5.78 Å². The van der Waals surface area contributed by atoms with E-state index in [1.165, 1.54) is 32.9 Å². The highest BCUT2D eigenvalue weighted by Crippen LogP contribution is 2.71. The Balaban J connectivity index is 2.00. The minimum absolute atomic E-state index is 0.0377. The van der Waals surface area contributed by atoms with Crippen molar-refractivity contribution >= 4 is 23.5 Å². The number of ketones is 2. The number of hydrogen-bond acceptors (Lipinski definition) is 12. The summed E-state index contributed by atoms with van der Waals surface area (Å²) in [4.78, 5) is 83.1. The van der Waals surface area contributed by atoms with E-state index in [0.29, 0.717) is 0 Å². The Morgan fingerprint density at radius 3 is 2.34 bits per heavy atom. The van der Waals surface area contributed by atoms with Gasteiger partial charge in [-0.2, -0.15) is 0 Å². The van der Waals surface area contributed by atoms with Gasteiger partial charge in [0.15, 0.2) is 23.7 Å². The molecule has 0 aromatic rings. The van der Waals surface area contributed by atoms with E-state index in [-0.39, 0.29) is 17.8 Å². The fraction of sp³-hybridized carbons (Fsp3) is 0.615. The molecule has 4 aliphatic rings. The van der Waals surface area contributed by atoms with E-state index in [9.17, 15) is 39.4 Å². The zero-order valence-corrected chi connectivity index (χ0v) is 22.9. The van der Waals surface area contributed by atoms with E-state index in [0.717, 1.165) is 26.0 Å². The highest BCUT2D eigenvalue weighted by Gasteiger charge is 2.78. The number of halogens is 1. The van der Waals surface area contributed by atoms with Crippen LogP contribution in [0, 0.1) is 48.8 Å². The van der Waals surface area contributed by atoms with Crippen molar-refractivity contribution in [1.82, 2.24) is 0 Å². The predicted octanol–water partition coefficient (Wildman–Crippen LogP) is 2.57. The van der Waals surface area contributed by atoms with Gasteiger partial charge in [0.25, 0.3) is 10.2 Å².